The highest BCUT2D eigenvalue weighted by Gasteiger charge is 2.06. The van der Waals surface area contributed by atoms with Crippen molar-refractivity contribution in [3.63, 3.8) is 0 Å². The van der Waals surface area contributed by atoms with Gasteiger partial charge in [-0.3, -0.25) is 4.79 Å². The number of para-hydroxylation sites is 1. The van der Waals surface area contributed by atoms with E-state index in [1.165, 1.54) is 0 Å². The Balaban J connectivity index is 1.72. The lowest BCUT2D eigenvalue weighted by atomic mass is 10.2. The molecular weight excluding hydrogens is 278 g/mol. The number of nitrogens with one attached hydrogen (secondary N) is 3. The molecule has 0 aliphatic rings. The van der Waals surface area contributed by atoms with Gasteiger partial charge in [0.2, 0.25) is 5.91 Å². The normalized spacial score (nSPS) is 9.86. The van der Waals surface area contributed by atoms with E-state index in [9.17, 15) is 9.59 Å². The molecule has 0 fully saturated rings. The largest absolute Gasteiger partial charge is 0.334 e. The van der Waals surface area contributed by atoms with Crippen LogP contribution < -0.4 is 16.0 Å². The SMILES string of the molecule is Cc1ccccc1NC(=O)CNC(=O)NCc1ccccc1. The lowest BCUT2D eigenvalue weighted by Crippen LogP contribution is -2.39. The monoisotopic (exact) mass is 297 g/mol. The lowest BCUT2D eigenvalue weighted by molar-refractivity contribution is -0.115. The van der Waals surface area contributed by atoms with Crippen molar-refractivity contribution in [3.05, 3.63) is 65.7 Å². The predicted molar refractivity (Wildman–Crippen MR) is 86.5 cm³/mol. The van der Waals surface area contributed by atoms with E-state index in [0.717, 1.165) is 16.8 Å². The van der Waals surface area contributed by atoms with Gasteiger partial charge in [0.05, 0.1) is 6.54 Å². The van der Waals surface area contributed by atoms with E-state index in [-0.39, 0.29) is 18.5 Å². The minimum Gasteiger partial charge on any atom is -0.334 e. The van der Waals surface area contributed by atoms with E-state index in [1.807, 2.05) is 61.5 Å². The van der Waals surface area contributed by atoms with E-state index < -0.39 is 0 Å². The van der Waals surface area contributed by atoms with E-state index in [4.69, 9.17) is 0 Å². The van der Waals surface area contributed by atoms with Crippen LogP contribution >= 0.6 is 0 Å². The van der Waals surface area contributed by atoms with Crippen molar-refractivity contribution in [2.24, 2.45) is 0 Å². The first-order valence-corrected chi connectivity index (χ1v) is 7.06. The number of urea groups is 1. The second-order valence-corrected chi connectivity index (χ2v) is 4.88. The van der Waals surface area contributed by atoms with Crippen molar-refractivity contribution in [2.45, 2.75) is 13.5 Å². The molecule has 0 spiro atoms. The Bertz CT molecular complexity index is 641. The van der Waals surface area contributed by atoms with Crippen LogP contribution in [0.15, 0.2) is 54.6 Å². The molecule has 2 aromatic carbocycles. The van der Waals surface area contributed by atoms with Crippen LogP contribution in [0.4, 0.5) is 10.5 Å². The van der Waals surface area contributed by atoms with Crippen LogP contribution in [-0.2, 0) is 11.3 Å². The zero-order valence-corrected chi connectivity index (χ0v) is 12.4. The Morgan fingerprint density at radius 3 is 2.32 bits per heavy atom. The molecule has 0 radical (unpaired) electrons. The van der Waals surface area contributed by atoms with Gasteiger partial charge in [0.1, 0.15) is 0 Å². The minimum absolute atomic E-state index is 0.0744. The quantitative estimate of drug-likeness (QED) is 0.793. The topological polar surface area (TPSA) is 70.2 Å². The maximum absolute atomic E-state index is 11.8. The lowest BCUT2D eigenvalue weighted by Gasteiger charge is -2.10. The summed E-state index contributed by atoms with van der Waals surface area (Å²) in [7, 11) is 0. The standard InChI is InChI=1S/C17H19N3O2/c1-13-7-5-6-10-15(13)20-16(21)12-19-17(22)18-11-14-8-3-2-4-9-14/h2-10H,11-12H2,1H3,(H,20,21)(H2,18,19,22). The van der Waals surface area contributed by atoms with Crippen LogP contribution in [0.2, 0.25) is 0 Å². The summed E-state index contributed by atoms with van der Waals surface area (Å²) in [5.41, 5.74) is 2.73. The third-order valence-corrected chi connectivity index (χ3v) is 3.12. The van der Waals surface area contributed by atoms with Crippen LogP contribution in [-0.4, -0.2) is 18.5 Å². The molecule has 0 aliphatic heterocycles. The molecule has 3 N–H and O–H groups in total. The number of hydrogen-bond acceptors (Lipinski definition) is 2. The molecular formula is C17H19N3O2. The molecule has 5 heteroatoms. The summed E-state index contributed by atoms with van der Waals surface area (Å²) in [5, 5.41) is 7.99. The minimum atomic E-state index is -0.371. The average molecular weight is 297 g/mol. The van der Waals surface area contributed by atoms with Gasteiger partial charge >= 0.3 is 6.03 Å². The first-order chi connectivity index (χ1) is 10.6. The fourth-order valence-corrected chi connectivity index (χ4v) is 1.91. The van der Waals surface area contributed by atoms with Crippen molar-refractivity contribution < 1.29 is 9.59 Å². The van der Waals surface area contributed by atoms with E-state index in [2.05, 4.69) is 16.0 Å². The molecule has 22 heavy (non-hydrogen) atoms. The number of carbonyl (C=O) groups is 2. The Labute approximate surface area is 129 Å². The van der Waals surface area contributed by atoms with E-state index in [0.29, 0.717) is 6.54 Å². The molecule has 0 saturated carbocycles. The van der Waals surface area contributed by atoms with Gasteiger partial charge in [0.15, 0.2) is 0 Å². The summed E-state index contributed by atoms with van der Waals surface area (Å²) in [4.78, 5) is 23.4. The summed E-state index contributed by atoms with van der Waals surface area (Å²) in [6.45, 7) is 2.26. The van der Waals surface area contributed by atoms with Crippen molar-refractivity contribution >= 4 is 17.6 Å². The first-order valence-electron chi connectivity index (χ1n) is 7.06. The number of hydrogen-bond donors (Lipinski definition) is 3. The van der Waals surface area contributed by atoms with Crippen LogP contribution in [0.5, 0.6) is 0 Å². The number of rotatable bonds is 5. The van der Waals surface area contributed by atoms with Gasteiger partial charge in [-0.15, -0.1) is 0 Å². The zero-order valence-electron chi connectivity index (χ0n) is 12.4. The Morgan fingerprint density at radius 2 is 1.59 bits per heavy atom. The molecule has 0 bridgehead atoms. The summed E-state index contributed by atoms with van der Waals surface area (Å²) in [6, 6.07) is 16.7. The molecule has 2 aromatic rings. The first kappa shape index (κ1) is 15.6. The predicted octanol–water partition coefficient (Wildman–Crippen LogP) is 2.43. The molecule has 0 heterocycles. The van der Waals surface area contributed by atoms with Gasteiger partial charge in [0.25, 0.3) is 0 Å². The van der Waals surface area contributed by atoms with Gasteiger partial charge in [-0.2, -0.15) is 0 Å². The Kier molecular flexibility index (Phi) is 5.54. The fraction of sp³-hybridized carbons (Fsp3) is 0.176. The number of aryl methyl sites for hydroxylation is 1. The number of anilines is 1. The van der Waals surface area contributed by atoms with Gasteiger partial charge < -0.3 is 16.0 Å². The smallest absolute Gasteiger partial charge is 0.315 e. The summed E-state index contributed by atoms with van der Waals surface area (Å²) in [6.07, 6.45) is 0. The van der Waals surface area contributed by atoms with Gasteiger partial charge in [-0.25, -0.2) is 4.79 Å². The zero-order chi connectivity index (χ0) is 15.8. The molecule has 0 unspecified atom stereocenters. The summed E-state index contributed by atoms with van der Waals surface area (Å²) in [5.74, 6) is -0.260. The van der Waals surface area contributed by atoms with Crippen LogP contribution in [0.3, 0.4) is 0 Å². The van der Waals surface area contributed by atoms with E-state index >= 15 is 0 Å². The number of benzene rings is 2. The Morgan fingerprint density at radius 1 is 0.909 bits per heavy atom. The van der Waals surface area contributed by atoms with Crippen molar-refractivity contribution in [2.75, 3.05) is 11.9 Å². The maximum Gasteiger partial charge on any atom is 0.315 e. The van der Waals surface area contributed by atoms with Gasteiger partial charge in [0, 0.05) is 12.2 Å². The highest BCUT2D eigenvalue weighted by atomic mass is 16.2. The molecule has 5 nitrogen and oxygen atoms in total. The second-order valence-electron chi connectivity index (χ2n) is 4.88. The van der Waals surface area contributed by atoms with Crippen molar-refractivity contribution in [3.8, 4) is 0 Å². The molecule has 3 amide bonds. The fourth-order valence-electron chi connectivity index (χ4n) is 1.91. The van der Waals surface area contributed by atoms with Crippen LogP contribution in [0.1, 0.15) is 11.1 Å². The second kappa shape index (κ2) is 7.83. The third-order valence-electron chi connectivity index (χ3n) is 3.12. The van der Waals surface area contributed by atoms with Crippen LogP contribution in [0.25, 0.3) is 0 Å². The maximum atomic E-state index is 11.8. The molecule has 114 valence electrons. The average Bonchev–Trinajstić information content (AvgIpc) is 2.54. The number of amides is 3. The van der Waals surface area contributed by atoms with Crippen molar-refractivity contribution in [1.82, 2.24) is 10.6 Å². The molecule has 2 rings (SSSR count). The third kappa shape index (κ3) is 4.94. The Hall–Kier alpha value is -2.82. The highest BCUT2D eigenvalue weighted by Crippen LogP contribution is 2.12. The highest BCUT2D eigenvalue weighted by molar-refractivity contribution is 5.94. The molecule has 0 atom stereocenters. The summed E-state index contributed by atoms with van der Waals surface area (Å²) >= 11 is 0. The summed E-state index contributed by atoms with van der Waals surface area (Å²) < 4.78 is 0. The number of carbonyl (C=O) groups excluding carboxylic acids is 2. The van der Waals surface area contributed by atoms with Crippen LogP contribution in [0, 0.1) is 6.92 Å². The molecule has 0 aromatic heterocycles. The molecule has 0 saturated heterocycles. The van der Waals surface area contributed by atoms with Gasteiger partial charge in [-0.1, -0.05) is 48.5 Å². The van der Waals surface area contributed by atoms with Crippen molar-refractivity contribution in [1.29, 1.82) is 0 Å². The molecule has 0 aliphatic carbocycles. The van der Waals surface area contributed by atoms with E-state index in [1.54, 1.807) is 0 Å². The van der Waals surface area contributed by atoms with Gasteiger partial charge in [-0.05, 0) is 24.1 Å².